The van der Waals surface area contributed by atoms with Gasteiger partial charge in [0.15, 0.2) is 0 Å². The second-order valence-corrected chi connectivity index (χ2v) is 5.37. The number of piperidine rings is 1. The topological polar surface area (TPSA) is 38.1 Å². The van der Waals surface area contributed by atoms with Gasteiger partial charge >= 0.3 is 6.03 Å². The van der Waals surface area contributed by atoms with E-state index in [1.165, 1.54) is 5.56 Å². The Balaban J connectivity index is 1.53. The lowest BCUT2D eigenvalue weighted by Gasteiger charge is -2.31. The Hall–Kier alpha value is -2.10. The van der Waals surface area contributed by atoms with Crippen LogP contribution in [-0.2, 0) is 6.42 Å². The van der Waals surface area contributed by atoms with Gasteiger partial charge in [-0.2, -0.15) is 0 Å². The molecule has 2 heterocycles. The van der Waals surface area contributed by atoms with Crippen molar-refractivity contribution in [3.8, 4) is 0 Å². The minimum absolute atomic E-state index is 0.0423. The number of rotatable bonds is 2. The lowest BCUT2D eigenvalue weighted by molar-refractivity contribution is 0.172. The summed E-state index contributed by atoms with van der Waals surface area (Å²) < 4.78 is 1.55. The van der Waals surface area contributed by atoms with Crippen LogP contribution < -0.4 is 0 Å². The molecule has 0 N–H and O–H groups in total. The van der Waals surface area contributed by atoms with E-state index >= 15 is 0 Å². The van der Waals surface area contributed by atoms with Crippen molar-refractivity contribution in [3.63, 3.8) is 0 Å². The molecule has 1 aliphatic rings. The maximum absolute atomic E-state index is 12.2. The zero-order valence-electron chi connectivity index (χ0n) is 11.5. The lowest BCUT2D eigenvalue weighted by Crippen LogP contribution is -2.40. The number of likely N-dealkylation sites (tertiary alicyclic amines) is 1. The Kier molecular flexibility index (Phi) is 3.81. The van der Waals surface area contributed by atoms with Crippen molar-refractivity contribution in [1.82, 2.24) is 14.5 Å². The summed E-state index contributed by atoms with van der Waals surface area (Å²) in [5.74, 6) is 0.684. The van der Waals surface area contributed by atoms with Gasteiger partial charge in [0.25, 0.3) is 0 Å². The number of hydrogen-bond acceptors (Lipinski definition) is 2. The van der Waals surface area contributed by atoms with E-state index in [4.69, 9.17) is 0 Å². The van der Waals surface area contributed by atoms with Gasteiger partial charge < -0.3 is 4.90 Å². The van der Waals surface area contributed by atoms with Crippen LogP contribution in [0.2, 0.25) is 0 Å². The number of hydrogen-bond donors (Lipinski definition) is 0. The van der Waals surface area contributed by atoms with E-state index in [1.807, 2.05) is 4.90 Å². The highest BCUT2D eigenvalue weighted by atomic mass is 16.2. The zero-order valence-corrected chi connectivity index (χ0v) is 11.5. The summed E-state index contributed by atoms with van der Waals surface area (Å²) in [7, 11) is 0. The Labute approximate surface area is 119 Å². The van der Waals surface area contributed by atoms with Gasteiger partial charge in [0.05, 0.1) is 0 Å². The summed E-state index contributed by atoms with van der Waals surface area (Å²) in [5.41, 5.74) is 1.40. The highest BCUT2D eigenvalue weighted by Crippen LogP contribution is 2.22. The van der Waals surface area contributed by atoms with Gasteiger partial charge in [-0.25, -0.2) is 9.78 Å². The van der Waals surface area contributed by atoms with Crippen molar-refractivity contribution in [3.05, 3.63) is 54.6 Å². The molecule has 0 unspecified atom stereocenters. The fourth-order valence-electron chi connectivity index (χ4n) is 2.81. The Bertz CT molecular complexity index is 542. The molecule has 1 fully saturated rings. The van der Waals surface area contributed by atoms with Crippen LogP contribution in [0.4, 0.5) is 4.79 Å². The second kappa shape index (κ2) is 5.90. The van der Waals surface area contributed by atoms with Gasteiger partial charge in [0.2, 0.25) is 0 Å². The van der Waals surface area contributed by atoms with Crippen molar-refractivity contribution in [1.29, 1.82) is 0 Å². The summed E-state index contributed by atoms with van der Waals surface area (Å²) in [6.45, 7) is 1.68. The first-order valence-corrected chi connectivity index (χ1v) is 7.14. The first-order valence-electron chi connectivity index (χ1n) is 7.14. The van der Waals surface area contributed by atoms with Crippen LogP contribution in [0, 0.1) is 5.92 Å². The predicted molar refractivity (Wildman–Crippen MR) is 77.5 cm³/mol. The molecule has 2 aromatic rings. The third-order valence-corrected chi connectivity index (χ3v) is 3.98. The summed E-state index contributed by atoms with van der Waals surface area (Å²) in [6, 6.07) is 10.6. The lowest BCUT2D eigenvalue weighted by atomic mass is 9.90. The molecule has 4 nitrogen and oxygen atoms in total. The van der Waals surface area contributed by atoms with Gasteiger partial charge in [-0.15, -0.1) is 0 Å². The molecule has 3 rings (SSSR count). The van der Waals surface area contributed by atoms with Crippen LogP contribution in [0.1, 0.15) is 18.4 Å². The number of carbonyl (C=O) groups excluding carboxylic acids is 1. The van der Waals surface area contributed by atoms with Crippen LogP contribution in [0.5, 0.6) is 0 Å². The van der Waals surface area contributed by atoms with Gasteiger partial charge in [0.1, 0.15) is 6.33 Å². The largest absolute Gasteiger partial charge is 0.329 e. The first kappa shape index (κ1) is 12.9. The Morgan fingerprint density at radius 1 is 1.20 bits per heavy atom. The monoisotopic (exact) mass is 269 g/mol. The number of imidazole rings is 1. The average molecular weight is 269 g/mol. The molecular formula is C16H19N3O. The van der Waals surface area contributed by atoms with Crippen molar-refractivity contribution >= 4 is 6.03 Å². The highest BCUT2D eigenvalue weighted by molar-refractivity contribution is 5.76. The molecule has 20 heavy (non-hydrogen) atoms. The predicted octanol–water partition coefficient (Wildman–Crippen LogP) is 2.81. The third-order valence-electron chi connectivity index (χ3n) is 3.98. The minimum atomic E-state index is 0.0423. The molecule has 0 saturated carbocycles. The second-order valence-electron chi connectivity index (χ2n) is 5.37. The van der Waals surface area contributed by atoms with Crippen LogP contribution in [0.15, 0.2) is 49.1 Å². The van der Waals surface area contributed by atoms with E-state index in [9.17, 15) is 4.79 Å². The Morgan fingerprint density at radius 2 is 1.95 bits per heavy atom. The van der Waals surface area contributed by atoms with E-state index < -0.39 is 0 Å². The fraction of sp³-hybridized carbons (Fsp3) is 0.375. The van der Waals surface area contributed by atoms with Gasteiger partial charge in [-0.05, 0) is 30.7 Å². The van der Waals surface area contributed by atoms with Crippen LogP contribution in [0.3, 0.4) is 0 Å². The van der Waals surface area contributed by atoms with E-state index in [1.54, 1.807) is 23.3 Å². The summed E-state index contributed by atoms with van der Waals surface area (Å²) in [5, 5.41) is 0. The molecular weight excluding hydrogens is 250 g/mol. The summed E-state index contributed by atoms with van der Waals surface area (Å²) in [6.07, 6.45) is 8.19. The molecule has 0 bridgehead atoms. The Morgan fingerprint density at radius 3 is 2.60 bits per heavy atom. The molecule has 1 amide bonds. The minimum Gasteiger partial charge on any atom is -0.324 e. The van der Waals surface area contributed by atoms with Gasteiger partial charge in [-0.3, -0.25) is 4.57 Å². The standard InChI is InChI=1S/C16H19N3O/c20-16(19-11-8-17-13-19)18-9-6-15(7-10-18)12-14-4-2-1-3-5-14/h1-5,8,11,13,15H,6-7,9-10,12H2. The quantitative estimate of drug-likeness (QED) is 0.840. The molecule has 0 aliphatic carbocycles. The van der Waals surface area contributed by atoms with Crippen LogP contribution in [0.25, 0.3) is 0 Å². The molecule has 4 heteroatoms. The van der Waals surface area contributed by atoms with E-state index in [-0.39, 0.29) is 6.03 Å². The van der Waals surface area contributed by atoms with Gasteiger partial charge in [-0.1, -0.05) is 30.3 Å². The maximum Gasteiger partial charge on any atom is 0.329 e. The van der Waals surface area contributed by atoms with Gasteiger partial charge in [0, 0.05) is 25.5 Å². The molecule has 1 aromatic heterocycles. The number of benzene rings is 1. The highest BCUT2D eigenvalue weighted by Gasteiger charge is 2.23. The summed E-state index contributed by atoms with van der Waals surface area (Å²) >= 11 is 0. The van der Waals surface area contributed by atoms with E-state index in [0.717, 1.165) is 32.4 Å². The molecule has 1 aliphatic heterocycles. The van der Waals surface area contributed by atoms with E-state index in [0.29, 0.717) is 5.92 Å². The molecule has 104 valence electrons. The SMILES string of the molecule is O=C(N1CCC(Cc2ccccc2)CC1)n1ccnc1. The number of nitrogens with zero attached hydrogens (tertiary/aromatic N) is 3. The number of carbonyl (C=O) groups is 1. The number of aromatic nitrogens is 2. The van der Waals surface area contributed by atoms with Crippen LogP contribution >= 0.6 is 0 Å². The molecule has 0 radical (unpaired) electrons. The van der Waals surface area contributed by atoms with E-state index in [2.05, 4.69) is 35.3 Å². The van der Waals surface area contributed by atoms with Crippen molar-refractivity contribution in [2.75, 3.05) is 13.1 Å². The molecule has 1 saturated heterocycles. The van der Waals surface area contributed by atoms with Crippen molar-refractivity contribution in [2.45, 2.75) is 19.3 Å². The van der Waals surface area contributed by atoms with Crippen LogP contribution in [-0.4, -0.2) is 33.6 Å². The van der Waals surface area contributed by atoms with Crippen molar-refractivity contribution in [2.24, 2.45) is 5.92 Å². The molecule has 1 aromatic carbocycles. The first-order chi connectivity index (χ1) is 9.83. The number of amides is 1. The maximum atomic E-state index is 12.2. The molecule has 0 spiro atoms. The zero-order chi connectivity index (χ0) is 13.8. The average Bonchev–Trinajstić information content (AvgIpc) is 3.03. The van der Waals surface area contributed by atoms with Crippen molar-refractivity contribution < 1.29 is 4.79 Å². The summed E-state index contributed by atoms with van der Waals surface area (Å²) in [4.78, 5) is 18.0. The fourth-order valence-corrected chi connectivity index (χ4v) is 2.81. The third kappa shape index (κ3) is 2.90. The normalized spacial score (nSPS) is 16.3. The molecule has 0 atom stereocenters. The smallest absolute Gasteiger partial charge is 0.324 e.